The lowest BCUT2D eigenvalue weighted by Crippen LogP contribution is -2.31. The molecule has 0 radical (unpaired) electrons. The summed E-state index contributed by atoms with van der Waals surface area (Å²) in [5, 5.41) is -0.293. The molecule has 0 unspecified atom stereocenters. The summed E-state index contributed by atoms with van der Waals surface area (Å²) in [7, 11) is 3.08. The Morgan fingerprint density at radius 3 is 2.60 bits per heavy atom. The van der Waals surface area contributed by atoms with Gasteiger partial charge in [-0.2, -0.15) is 0 Å². The van der Waals surface area contributed by atoms with Crippen LogP contribution < -0.4 is 9.47 Å². The van der Waals surface area contributed by atoms with E-state index >= 15 is 0 Å². The fourth-order valence-electron chi connectivity index (χ4n) is 2.20. The van der Waals surface area contributed by atoms with Crippen molar-refractivity contribution in [3.63, 3.8) is 0 Å². The molecular formula is C17H20BrNO5S. The molecule has 1 heterocycles. The SMILES string of the molecule is COCCN1C(=O)S/C(=C/c2cc(Br)c(OC(C)C)c(OC)c2)C1=O. The van der Waals surface area contributed by atoms with Crippen LogP contribution in [-0.2, 0) is 9.53 Å². The molecule has 136 valence electrons. The third-order valence-corrected chi connectivity index (χ3v) is 4.79. The lowest BCUT2D eigenvalue weighted by molar-refractivity contribution is -0.123. The van der Waals surface area contributed by atoms with Gasteiger partial charge in [0.2, 0.25) is 0 Å². The highest BCUT2D eigenvalue weighted by Crippen LogP contribution is 2.39. The number of rotatable bonds is 7. The molecule has 8 heteroatoms. The van der Waals surface area contributed by atoms with Gasteiger partial charge in [-0.25, -0.2) is 0 Å². The van der Waals surface area contributed by atoms with Gasteiger partial charge in [0.15, 0.2) is 11.5 Å². The highest BCUT2D eigenvalue weighted by atomic mass is 79.9. The lowest BCUT2D eigenvalue weighted by atomic mass is 10.1. The predicted molar refractivity (Wildman–Crippen MR) is 101 cm³/mol. The molecule has 1 aliphatic heterocycles. The number of imide groups is 1. The third kappa shape index (κ3) is 4.77. The number of hydrogen-bond acceptors (Lipinski definition) is 6. The second-order valence-electron chi connectivity index (χ2n) is 5.53. The van der Waals surface area contributed by atoms with Crippen molar-refractivity contribution in [3.05, 3.63) is 27.1 Å². The van der Waals surface area contributed by atoms with Gasteiger partial charge in [-0.3, -0.25) is 14.5 Å². The van der Waals surface area contributed by atoms with Crippen molar-refractivity contribution < 1.29 is 23.8 Å². The summed E-state index contributed by atoms with van der Waals surface area (Å²) in [6, 6.07) is 3.59. The zero-order valence-electron chi connectivity index (χ0n) is 14.5. The first-order valence-electron chi connectivity index (χ1n) is 7.65. The zero-order chi connectivity index (χ0) is 18.6. The number of ether oxygens (including phenoxy) is 3. The molecule has 2 amide bonds. The van der Waals surface area contributed by atoms with Crippen LogP contribution in [0, 0.1) is 0 Å². The minimum Gasteiger partial charge on any atom is -0.493 e. The Labute approximate surface area is 159 Å². The standard InChI is InChI=1S/C17H20BrNO5S/c1-10(2)24-15-12(18)7-11(8-13(15)23-4)9-14-16(20)19(5-6-22-3)17(21)25-14/h7-10H,5-6H2,1-4H3/b14-9+. The number of methoxy groups -OCH3 is 2. The molecule has 0 bridgehead atoms. The van der Waals surface area contributed by atoms with Gasteiger partial charge in [0.25, 0.3) is 11.1 Å². The molecular weight excluding hydrogens is 410 g/mol. The average Bonchev–Trinajstić information content (AvgIpc) is 2.81. The van der Waals surface area contributed by atoms with Crippen molar-refractivity contribution in [3.8, 4) is 11.5 Å². The minimum atomic E-state index is -0.315. The van der Waals surface area contributed by atoms with E-state index in [0.717, 1.165) is 17.3 Å². The fraction of sp³-hybridized carbons (Fsp3) is 0.412. The molecule has 0 N–H and O–H groups in total. The summed E-state index contributed by atoms with van der Waals surface area (Å²) in [4.78, 5) is 25.9. The predicted octanol–water partition coefficient (Wildman–Crippen LogP) is 3.93. The van der Waals surface area contributed by atoms with Gasteiger partial charge in [0.1, 0.15) is 0 Å². The van der Waals surface area contributed by atoms with E-state index in [4.69, 9.17) is 14.2 Å². The molecule has 0 atom stereocenters. The van der Waals surface area contributed by atoms with Crippen LogP contribution in [-0.4, -0.2) is 49.5 Å². The first kappa shape index (κ1) is 19.8. The highest BCUT2D eigenvalue weighted by Gasteiger charge is 2.34. The molecule has 0 aliphatic carbocycles. The molecule has 1 aromatic rings. The first-order chi connectivity index (χ1) is 11.9. The summed E-state index contributed by atoms with van der Waals surface area (Å²) < 4.78 is 16.8. The van der Waals surface area contributed by atoms with Gasteiger partial charge >= 0.3 is 0 Å². The number of benzene rings is 1. The van der Waals surface area contributed by atoms with E-state index in [1.165, 1.54) is 12.0 Å². The number of halogens is 1. The largest absolute Gasteiger partial charge is 0.493 e. The van der Waals surface area contributed by atoms with Crippen LogP contribution in [0.1, 0.15) is 19.4 Å². The Morgan fingerprint density at radius 2 is 2.00 bits per heavy atom. The van der Waals surface area contributed by atoms with Crippen LogP contribution in [0.3, 0.4) is 0 Å². The Hall–Kier alpha value is -1.51. The van der Waals surface area contributed by atoms with Gasteiger partial charge in [0.05, 0.1) is 35.7 Å². The highest BCUT2D eigenvalue weighted by molar-refractivity contribution is 9.10. The summed E-state index contributed by atoms with van der Waals surface area (Å²) in [5.41, 5.74) is 0.733. The number of thioether (sulfide) groups is 1. The molecule has 0 saturated carbocycles. The Kier molecular flexibility index (Phi) is 6.92. The Bertz CT molecular complexity index is 705. The smallest absolute Gasteiger partial charge is 0.293 e. The Morgan fingerprint density at radius 1 is 1.28 bits per heavy atom. The third-order valence-electron chi connectivity index (χ3n) is 3.30. The number of carbonyl (C=O) groups excluding carboxylic acids is 2. The van der Waals surface area contributed by atoms with Crippen molar-refractivity contribution in [2.45, 2.75) is 20.0 Å². The molecule has 0 spiro atoms. The molecule has 1 saturated heterocycles. The van der Waals surface area contributed by atoms with Crippen LogP contribution in [0.2, 0.25) is 0 Å². The van der Waals surface area contributed by atoms with E-state index in [-0.39, 0.29) is 23.8 Å². The molecule has 0 aromatic heterocycles. The minimum absolute atomic E-state index is 0.00617. The number of hydrogen-bond donors (Lipinski definition) is 0. The number of amides is 2. The van der Waals surface area contributed by atoms with Crippen molar-refractivity contribution in [2.75, 3.05) is 27.4 Å². The quantitative estimate of drug-likeness (QED) is 0.611. The molecule has 25 heavy (non-hydrogen) atoms. The van der Waals surface area contributed by atoms with Gasteiger partial charge in [-0.05, 0) is 65.3 Å². The van der Waals surface area contributed by atoms with Crippen molar-refractivity contribution in [1.82, 2.24) is 4.90 Å². The van der Waals surface area contributed by atoms with Crippen LogP contribution in [0.5, 0.6) is 11.5 Å². The Balaban J connectivity index is 2.30. The average molecular weight is 430 g/mol. The summed E-state index contributed by atoms with van der Waals surface area (Å²) in [5.74, 6) is 0.834. The molecule has 6 nitrogen and oxygen atoms in total. The zero-order valence-corrected chi connectivity index (χ0v) is 16.9. The normalized spacial score (nSPS) is 16.2. The van der Waals surface area contributed by atoms with E-state index < -0.39 is 0 Å². The maximum absolute atomic E-state index is 12.4. The summed E-state index contributed by atoms with van der Waals surface area (Å²) in [6.45, 7) is 4.41. The maximum atomic E-state index is 12.4. The van der Waals surface area contributed by atoms with Gasteiger partial charge in [-0.15, -0.1) is 0 Å². The second-order valence-corrected chi connectivity index (χ2v) is 7.37. The molecule has 1 aliphatic rings. The van der Waals surface area contributed by atoms with Crippen LogP contribution in [0.25, 0.3) is 6.08 Å². The second kappa shape index (κ2) is 8.73. The summed E-state index contributed by atoms with van der Waals surface area (Å²) >= 11 is 4.39. The van der Waals surface area contributed by atoms with E-state index in [1.807, 2.05) is 19.9 Å². The van der Waals surface area contributed by atoms with Crippen LogP contribution in [0.15, 0.2) is 21.5 Å². The van der Waals surface area contributed by atoms with Gasteiger partial charge in [-0.1, -0.05) is 0 Å². The van der Waals surface area contributed by atoms with Crippen molar-refractivity contribution in [1.29, 1.82) is 0 Å². The molecule has 1 aromatic carbocycles. The first-order valence-corrected chi connectivity index (χ1v) is 9.26. The lowest BCUT2D eigenvalue weighted by Gasteiger charge is -2.16. The number of nitrogens with zero attached hydrogens (tertiary/aromatic N) is 1. The van der Waals surface area contributed by atoms with Crippen LogP contribution in [0.4, 0.5) is 4.79 Å². The van der Waals surface area contributed by atoms with E-state index in [2.05, 4.69) is 15.9 Å². The maximum Gasteiger partial charge on any atom is 0.293 e. The molecule has 1 fully saturated rings. The van der Waals surface area contributed by atoms with E-state index in [0.29, 0.717) is 27.5 Å². The number of carbonyl (C=O) groups is 2. The van der Waals surface area contributed by atoms with Crippen molar-refractivity contribution >= 4 is 44.9 Å². The monoisotopic (exact) mass is 429 g/mol. The van der Waals surface area contributed by atoms with Crippen LogP contribution >= 0.6 is 27.7 Å². The summed E-state index contributed by atoms with van der Waals surface area (Å²) in [6.07, 6.45) is 1.66. The van der Waals surface area contributed by atoms with Gasteiger partial charge < -0.3 is 14.2 Å². The van der Waals surface area contributed by atoms with E-state index in [9.17, 15) is 9.59 Å². The van der Waals surface area contributed by atoms with Crippen molar-refractivity contribution in [2.24, 2.45) is 0 Å². The van der Waals surface area contributed by atoms with E-state index in [1.54, 1.807) is 19.3 Å². The molecule has 2 rings (SSSR count). The fourth-order valence-corrected chi connectivity index (χ4v) is 3.62. The van der Waals surface area contributed by atoms with Gasteiger partial charge in [0, 0.05) is 7.11 Å². The topological polar surface area (TPSA) is 65.1 Å².